The minimum absolute atomic E-state index is 0.259. The van der Waals surface area contributed by atoms with Crippen LogP contribution in [-0.4, -0.2) is 30.2 Å². The van der Waals surface area contributed by atoms with E-state index in [0.29, 0.717) is 6.42 Å². The number of fused-ring (bicyclic) bond motifs is 4. The summed E-state index contributed by atoms with van der Waals surface area (Å²) in [6.45, 7) is 2.94. The standard InChI is InChI=1S/C18H20N2O2/c1-3-11-7-8-15(21)20-10-9-13-16(18(11)20)12-5-4-6-14(22-2)17(12)19-13/h4,6H,3,5,7-10H2,1-2H3. The highest BCUT2D eigenvalue weighted by atomic mass is 16.5. The van der Waals surface area contributed by atoms with Gasteiger partial charge < -0.3 is 9.64 Å². The Kier molecular flexibility index (Phi) is 3.06. The van der Waals surface area contributed by atoms with Gasteiger partial charge in [-0.25, -0.2) is 4.99 Å². The number of hydrogen-bond acceptors (Lipinski definition) is 3. The van der Waals surface area contributed by atoms with Crippen LogP contribution in [0.1, 0.15) is 39.0 Å². The second kappa shape index (κ2) is 4.97. The maximum absolute atomic E-state index is 12.3. The first kappa shape index (κ1) is 13.6. The molecule has 1 amide bonds. The lowest BCUT2D eigenvalue weighted by molar-refractivity contribution is -0.129. The zero-order valence-electron chi connectivity index (χ0n) is 13.1. The molecular formula is C18H20N2O2. The van der Waals surface area contributed by atoms with Gasteiger partial charge in [0.15, 0.2) is 0 Å². The molecule has 1 aliphatic carbocycles. The molecule has 0 bridgehead atoms. The van der Waals surface area contributed by atoms with E-state index < -0.39 is 0 Å². The van der Waals surface area contributed by atoms with E-state index >= 15 is 0 Å². The molecule has 22 heavy (non-hydrogen) atoms. The zero-order chi connectivity index (χ0) is 15.3. The maximum atomic E-state index is 12.3. The third-order valence-electron chi connectivity index (χ3n) is 4.95. The van der Waals surface area contributed by atoms with Gasteiger partial charge in [0.05, 0.1) is 18.5 Å². The van der Waals surface area contributed by atoms with Crippen molar-refractivity contribution in [3.63, 3.8) is 0 Å². The summed E-state index contributed by atoms with van der Waals surface area (Å²) >= 11 is 0. The molecule has 0 N–H and O–H groups in total. The third-order valence-corrected chi connectivity index (χ3v) is 4.95. The number of hydrogen-bond donors (Lipinski definition) is 0. The first-order valence-corrected chi connectivity index (χ1v) is 8.03. The second-order valence-electron chi connectivity index (χ2n) is 6.04. The number of ether oxygens (including phenoxy) is 1. The van der Waals surface area contributed by atoms with Gasteiger partial charge in [-0.05, 0) is 36.5 Å². The molecule has 4 rings (SSSR count). The summed E-state index contributed by atoms with van der Waals surface area (Å²) in [5.41, 5.74) is 7.09. The Morgan fingerprint density at radius 3 is 2.95 bits per heavy atom. The zero-order valence-corrected chi connectivity index (χ0v) is 13.1. The Morgan fingerprint density at radius 2 is 2.18 bits per heavy atom. The van der Waals surface area contributed by atoms with E-state index in [1.807, 2.05) is 11.0 Å². The van der Waals surface area contributed by atoms with Gasteiger partial charge in [0, 0.05) is 25.0 Å². The fourth-order valence-electron chi connectivity index (χ4n) is 3.88. The minimum Gasteiger partial charge on any atom is -0.494 e. The van der Waals surface area contributed by atoms with Crippen molar-refractivity contribution in [2.75, 3.05) is 13.7 Å². The first-order chi connectivity index (χ1) is 10.7. The van der Waals surface area contributed by atoms with Crippen LogP contribution in [0.4, 0.5) is 0 Å². The highest BCUT2D eigenvalue weighted by Crippen LogP contribution is 2.44. The number of carbonyl (C=O) groups excluding carboxylic acids is 1. The van der Waals surface area contributed by atoms with Gasteiger partial charge in [-0.1, -0.05) is 13.0 Å². The molecule has 0 aromatic carbocycles. The van der Waals surface area contributed by atoms with Crippen molar-refractivity contribution in [1.82, 2.24) is 4.90 Å². The van der Waals surface area contributed by atoms with Crippen LogP contribution in [0.25, 0.3) is 0 Å². The fourth-order valence-corrected chi connectivity index (χ4v) is 3.88. The summed E-state index contributed by atoms with van der Waals surface area (Å²) in [4.78, 5) is 19.2. The van der Waals surface area contributed by atoms with E-state index in [1.165, 1.54) is 16.7 Å². The molecule has 3 aliphatic heterocycles. The molecule has 0 atom stereocenters. The molecule has 114 valence electrons. The van der Waals surface area contributed by atoms with E-state index in [4.69, 9.17) is 9.73 Å². The number of carbonyl (C=O) groups is 1. The average molecular weight is 296 g/mol. The van der Waals surface area contributed by atoms with Gasteiger partial charge >= 0.3 is 0 Å². The number of amides is 1. The maximum Gasteiger partial charge on any atom is 0.227 e. The number of allylic oxidation sites excluding steroid dienone is 5. The molecule has 0 aromatic rings. The summed E-state index contributed by atoms with van der Waals surface area (Å²) in [6, 6.07) is 0. The van der Waals surface area contributed by atoms with E-state index in [2.05, 4.69) is 13.0 Å². The van der Waals surface area contributed by atoms with Crippen LogP contribution in [0.5, 0.6) is 0 Å². The Balaban J connectivity index is 1.94. The van der Waals surface area contributed by atoms with Gasteiger partial charge in [0.25, 0.3) is 0 Å². The molecule has 3 heterocycles. The summed E-state index contributed by atoms with van der Waals surface area (Å²) in [5.74, 6) is 1.10. The average Bonchev–Trinajstić information content (AvgIpc) is 2.94. The normalized spacial score (nSPS) is 23.6. The summed E-state index contributed by atoms with van der Waals surface area (Å²) in [7, 11) is 1.69. The molecule has 0 radical (unpaired) electrons. The molecule has 0 spiro atoms. The van der Waals surface area contributed by atoms with Gasteiger partial charge in [-0.2, -0.15) is 0 Å². The lowest BCUT2D eigenvalue weighted by atomic mass is 9.85. The van der Waals surface area contributed by atoms with Gasteiger partial charge in [0.1, 0.15) is 11.5 Å². The molecule has 0 aromatic heterocycles. The molecular weight excluding hydrogens is 276 g/mol. The highest BCUT2D eigenvalue weighted by molar-refractivity contribution is 6.11. The van der Waals surface area contributed by atoms with Crippen molar-refractivity contribution < 1.29 is 9.53 Å². The quantitative estimate of drug-likeness (QED) is 0.785. The van der Waals surface area contributed by atoms with Crippen LogP contribution in [-0.2, 0) is 9.53 Å². The highest BCUT2D eigenvalue weighted by Gasteiger charge is 2.39. The molecule has 1 fully saturated rings. The number of rotatable bonds is 2. The van der Waals surface area contributed by atoms with Crippen molar-refractivity contribution in [2.45, 2.75) is 39.0 Å². The number of aliphatic imine (C=N–C) groups is 1. The Hall–Kier alpha value is -2.10. The predicted molar refractivity (Wildman–Crippen MR) is 85.1 cm³/mol. The largest absolute Gasteiger partial charge is 0.494 e. The van der Waals surface area contributed by atoms with Gasteiger partial charge in [0.2, 0.25) is 5.91 Å². The van der Waals surface area contributed by atoms with Crippen molar-refractivity contribution in [1.29, 1.82) is 0 Å². The lowest BCUT2D eigenvalue weighted by Crippen LogP contribution is -2.41. The van der Waals surface area contributed by atoms with Crippen molar-refractivity contribution in [3.8, 4) is 0 Å². The van der Waals surface area contributed by atoms with Gasteiger partial charge in [-0.3, -0.25) is 4.79 Å². The molecule has 4 nitrogen and oxygen atoms in total. The first-order valence-electron chi connectivity index (χ1n) is 8.03. The van der Waals surface area contributed by atoms with E-state index in [1.54, 1.807) is 7.11 Å². The molecule has 4 heteroatoms. The molecule has 1 saturated heterocycles. The third kappa shape index (κ3) is 1.76. The smallest absolute Gasteiger partial charge is 0.227 e. The Morgan fingerprint density at radius 1 is 1.32 bits per heavy atom. The van der Waals surface area contributed by atoms with Crippen LogP contribution in [0.15, 0.2) is 51.0 Å². The number of methoxy groups -OCH3 is 1. The summed E-state index contributed by atoms with van der Waals surface area (Å²) < 4.78 is 5.48. The van der Waals surface area contributed by atoms with E-state index in [-0.39, 0.29) is 5.91 Å². The molecule has 0 saturated carbocycles. The van der Waals surface area contributed by atoms with Crippen LogP contribution >= 0.6 is 0 Å². The van der Waals surface area contributed by atoms with Crippen molar-refractivity contribution in [2.24, 2.45) is 4.99 Å². The SMILES string of the molecule is CCC1=C2C3=C4CC=CC(OC)=C4N=C3CCN2C(=O)CC1. The number of nitrogens with zero attached hydrogens (tertiary/aromatic N) is 2. The van der Waals surface area contributed by atoms with Crippen LogP contribution in [0, 0.1) is 0 Å². The van der Waals surface area contributed by atoms with Crippen LogP contribution in [0.2, 0.25) is 0 Å². The van der Waals surface area contributed by atoms with Crippen molar-refractivity contribution >= 4 is 11.6 Å². The lowest BCUT2D eigenvalue weighted by Gasteiger charge is -2.37. The summed E-state index contributed by atoms with van der Waals surface area (Å²) in [5, 5.41) is 0. The van der Waals surface area contributed by atoms with Crippen molar-refractivity contribution in [3.05, 3.63) is 46.0 Å². The second-order valence-corrected chi connectivity index (χ2v) is 6.04. The van der Waals surface area contributed by atoms with E-state index in [0.717, 1.165) is 55.1 Å². The van der Waals surface area contributed by atoms with Crippen LogP contribution in [0.3, 0.4) is 0 Å². The fraction of sp³-hybridized carbons (Fsp3) is 0.444. The summed E-state index contributed by atoms with van der Waals surface area (Å²) in [6.07, 6.45) is 8.36. The van der Waals surface area contributed by atoms with E-state index in [9.17, 15) is 4.79 Å². The van der Waals surface area contributed by atoms with Crippen LogP contribution < -0.4 is 0 Å². The predicted octanol–water partition coefficient (Wildman–Crippen LogP) is 3.25. The van der Waals surface area contributed by atoms with Gasteiger partial charge in [-0.15, -0.1) is 0 Å². The minimum atomic E-state index is 0.259. The number of piperidine rings is 1. The Bertz CT molecular complexity index is 719. The topological polar surface area (TPSA) is 41.9 Å². The molecule has 0 unspecified atom stereocenters. The monoisotopic (exact) mass is 296 g/mol. The Labute approximate surface area is 130 Å². The molecule has 4 aliphatic rings.